The molecule has 0 aromatic carbocycles. The molecule has 0 aromatic heterocycles. The van der Waals surface area contributed by atoms with E-state index in [0.717, 1.165) is 32.9 Å². The van der Waals surface area contributed by atoms with Gasteiger partial charge in [-0.3, -0.25) is 0 Å². The van der Waals surface area contributed by atoms with E-state index in [4.69, 9.17) is 9.47 Å². The zero-order valence-electron chi connectivity index (χ0n) is 8.51. The van der Waals surface area contributed by atoms with Gasteiger partial charge in [-0.05, 0) is 5.92 Å². The van der Waals surface area contributed by atoms with Gasteiger partial charge in [-0.15, -0.1) is 0 Å². The van der Waals surface area contributed by atoms with Crippen LogP contribution < -0.4 is 5.32 Å². The monoisotopic (exact) mass is 185 g/mol. The van der Waals surface area contributed by atoms with Gasteiger partial charge >= 0.3 is 0 Å². The molecule has 13 heavy (non-hydrogen) atoms. The molecule has 2 rings (SSSR count). The zero-order chi connectivity index (χ0) is 9.31. The predicted molar refractivity (Wildman–Crippen MR) is 50.7 cm³/mol. The summed E-state index contributed by atoms with van der Waals surface area (Å²) < 4.78 is 11.1. The van der Waals surface area contributed by atoms with Crippen LogP contribution in [0.5, 0.6) is 0 Å². The Morgan fingerprint density at radius 1 is 1.38 bits per heavy atom. The molecule has 2 aliphatic heterocycles. The van der Waals surface area contributed by atoms with Gasteiger partial charge in [0.05, 0.1) is 25.9 Å². The molecule has 0 amide bonds. The normalized spacial score (nSPS) is 33.0. The number of nitrogens with one attached hydrogen (secondary N) is 1. The molecule has 3 nitrogen and oxygen atoms in total. The van der Waals surface area contributed by atoms with E-state index in [1.54, 1.807) is 0 Å². The molecule has 0 radical (unpaired) electrons. The molecule has 0 aliphatic carbocycles. The Kier molecular flexibility index (Phi) is 2.58. The van der Waals surface area contributed by atoms with Crippen LogP contribution in [0.4, 0.5) is 0 Å². The van der Waals surface area contributed by atoms with Crippen LogP contribution in [0.1, 0.15) is 13.8 Å². The van der Waals surface area contributed by atoms with E-state index >= 15 is 0 Å². The van der Waals surface area contributed by atoms with Crippen molar-refractivity contribution in [1.82, 2.24) is 5.32 Å². The Labute approximate surface area is 79.8 Å². The minimum absolute atomic E-state index is 0.285. The fourth-order valence-corrected chi connectivity index (χ4v) is 2.16. The van der Waals surface area contributed by atoms with E-state index in [1.165, 1.54) is 0 Å². The van der Waals surface area contributed by atoms with Crippen LogP contribution >= 0.6 is 0 Å². The van der Waals surface area contributed by atoms with Crippen molar-refractivity contribution < 1.29 is 9.47 Å². The smallest absolute Gasteiger partial charge is 0.0802 e. The first-order chi connectivity index (χ1) is 6.26. The summed E-state index contributed by atoms with van der Waals surface area (Å²) in [6, 6.07) is 0. The highest BCUT2D eigenvalue weighted by Crippen LogP contribution is 2.40. The van der Waals surface area contributed by atoms with Gasteiger partial charge in [0.15, 0.2) is 0 Å². The molecule has 0 bridgehead atoms. The lowest BCUT2D eigenvalue weighted by Gasteiger charge is -2.50. The van der Waals surface area contributed by atoms with Gasteiger partial charge in [-0.25, -0.2) is 0 Å². The second kappa shape index (κ2) is 3.56. The summed E-state index contributed by atoms with van der Waals surface area (Å²) in [5.41, 5.74) is 0.285. The predicted octanol–water partition coefficient (Wildman–Crippen LogP) is 0.647. The van der Waals surface area contributed by atoms with Crippen molar-refractivity contribution >= 4 is 0 Å². The van der Waals surface area contributed by atoms with Crippen LogP contribution in [0.3, 0.4) is 0 Å². The Balaban J connectivity index is 2.02. The van der Waals surface area contributed by atoms with E-state index in [-0.39, 0.29) is 5.41 Å². The van der Waals surface area contributed by atoms with Crippen LogP contribution in [0.25, 0.3) is 0 Å². The third-order valence-corrected chi connectivity index (χ3v) is 3.46. The highest BCUT2D eigenvalue weighted by molar-refractivity contribution is 4.97. The molecule has 1 atom stereocenters. The molecule has 0 saturated carbocycles. The van der Waals surface area contributed by atoms with Crippen molar-refractivity contribution in [2.75, 3.05) is 32.9 Å². The van der Waals surface area contributed by atoms with Crippen LogP contribution in [0.15, 0.2) is 0 Å². The lowest BCUT2D eigenvalue weighted by Crippen LogP contribution is -2.60. The second-order valence-electron chi connectivity index (χ2n) is 4.44. The van der Waals surface area contributed by atoms with Crippen LogP contribution in [0, 0.1) is 11.3 Å². The second-order valence-corrected chi connectivity index (χ2v) is 4.44. The first-order valence-corrected chi connectivity index (χ1v) is 5.16. The van der Waals surface area contributed by atoms with E-state index < -0.39 is 0 Å². The first kappa shape index (κ1) is 9.44. The van der Waals surface area contributed by atoms with E-state index in [2.05, 4.69) is 19.2 Å². The maximum absolute atomic E-state index is 5.80. The topological polar surface area (TPSA) is 30.5 Å². The number of rotatable bonds is 2. The molecule has 2 aliphatic rings. The fourth-order valence-electron chi connectivity index (χ4n) is 2.16. The number of ether oxygens (including phenoxy) is 2. The summed E-state index contributed by atoms with van der Waals surface area (Å²) >= 11 is 0. The SMILES string of the molecule is CC(C)C1(C2CNCCO2)COC1. The molecule has 0 spiro atoms. The van der Waals surface area contributed by atoms with Crippen LogP contribution in [-0.2, 0) is 9.47 Å². The van der Waals surface area contributed by atoms with E-state index in [1.807, 2.05) is 0 Å². The standard InChI is InChI=1S/C10H19NO2/c1-8(2)10(6-12-7-10)9-5-11-3-4-13-9/h8-9,11H,3-7H2,1-2H3. The minimum atomic E-state index is 0.285. The Hall–Kier alpha value is -0.120. The minimum Gasteiger partial charge on any atom is -0.380 e. The highest BCUT2D eigenvalue weighted by atomic mass is 16.5. The zero-order valence-corrected chi connectivity index (χ0v) is 8.51. The van der Waals surface area contributed by atoms with Gasteiger partial charge in [-0.1, -0.05) is 13.8 Å². The molecule has 76 valence electrons. The third-order valence-electron chi connectivity index (χ3n) is 3.46. The maximum Gasteiger partial charge on any atom is 0.0802 e. The molecule has 3 heteroatoms. The number of hydrogen-bond donors (Lipinski definition) is 1. The fraction of sp³-hybridized carbons (Fsp3) is 1.00. The molecule has 1 N–H and O–H groups in total. The molecule has 1 unspecified atom stereocenters. The number of hydrogen-bond acceptors (Lipinski definition) is 3. The Bertz CT molecular complexity index is 172. The summed E-state index contributed by atoms with van der Waals surface area (Å²) in [7, 11) is 0. The average molecular weight is 185 g/mol. The van der Waals surface area contributed by atoms with Crippen LogP contribution in [0.2, 0.25) is 0 Å². The van der Waals surface area contributed by atoms with Crippen molar-refractivity contribution in [3.63, 3.8) is 0 Å². The van der Waals surface area contributed by atoms with Gasteiger partial charge < -0.3 is 14.8 Å². The molecular formula is C10H19NO2. The van der Waals surface area contributed by atoms with E-state index in [9.17, 15) is 0 Å². The lowest BCUT2D eigenvalue weighted by atomic mass is 9.70. The molecule has 2 fully saturated rings. The van der Waals surface area contributed by atoms with Gasteiger partial charge in [0.25, 0.3) is 0 Å². The van der Waals surface area contributed by atoms with Crippen molar-refractivity contribution in [1.29, 1.82) is 0 Å². The molecule has 2 saturated heterocycles. The van der Waals surface area contributed by atoms with Gasteiger partial charge in [0, 0.05) is 18.5 Å². The first-order valence-electron chi connectivity index (χ1n) is 5.16. The summed E-state index contributed by atoms with van der Waals surface area (Å²) in [5, 5.41) is 3.38. The van der Waals surface area contributed by atoms with E-state index in [0.29, 0.717) is 12.0 Å². The molecule has 0 aromatic rings. The summed E-state index contributed by atoms with van der Waals surface area (Å²) in [5.74, 6) is 0.645. The van der Waals surface area contributed by atoms with Crippen molar-refractivity contribution in [3.8, 4) is 0 Å². The van der Waals surface area contributed by atoms with Crippen molar-refractivity contribution in [3.05, 3.63) is 0 Å². The highest BCUT2D eigenvalue weighted by Gasteiger charge is 2.49. The Morgan fingerprint density at radius 2 is 2.15 bits per heavy atom. The van der Waals surface area contributed by atoms with Crippen molar-refractivity contribution in [2.45, 2.75) is 20.0 Å². The van der Waals surface area contributed by atoms with Crippen LogP contribution in [-0.4, -0.2) is 39.0 Å². The van der Waals surface area contributed by atoms with Crippen molar-refractivity contribution in [2.24, 2.45) is 11.3 Å². The number of morpholine rings is 1. The Morgan fingerprint density at radius 3 is 2.54 bits per heavy atom. The largest absolute Gasteiger partial charge is 0.380 e. The lowest BCUT2D eigenvalue weighted by molar-refractivity contribution is -0.213. The third kappa shape index (κ3) is 1.49. The summed E-state index contributed by atoms with van der Waals surface area (Å²) in [6.07, 6.45) is 0.356. The maximum atomic E-state index is 5.80. The average Bonchev–Trinajstić information content (AvgIpc) is 2.03. The molecular weight excluding hydrogens is 166 g/mol. The van der Waals surface area contributed by atoms with Gasteiger partial charge in [0.1, 0.15) is 0 Å². The molecule has 2 heterocycles. The summed E-state index contributed by atoms with van der Waals surface area (Å²) in [6.45, 7) is 9.10. The quantitative estimate of drug-likeness (QED) is 0.685. The van der Waals surface area contributed by atoms with Gasteiger partial charge in [-0.2, -0.15) is 0 Å². The van der Waals surface area contributed by atoms with Gasteiger partial charge in [0.2, 0.25) is 0 Å². The summed E-state index contributed by atoms with van der Waals surface area (Å²) in [4.78, 5) is 0.